The van der Waals surface area contributed by atoms with Gasteiger partial charge in [-0.15, -0.1) is 0 Å². The van der Waals surface area contributed by atoms with E-state index < -0.39 is 5.97 Å². The number of aromatic nitrogens is 4. The lowest BCUT2D eigenvalue weighted by Crippen LogP contribution is -2.01. The molecular weight excluding hydrogens is 460 g/mol. The molecule has 182 valence electrons. The Morgan fingerprint density at radius 2 is 1.20 bits per heavy atom. The third-order valence-electron chi connectivity index (χ3n) is 4.51. The lowest BCUT2D eigenvalue weighted by molar-refractivity contribution is -0.140. The van der Waals surface area contributed by atoms with Gasteiger partial charge in [-0.2, -0.15) is 9.97 Å². The van der Waals surface area contributed by atoms with Gasteiger partial charge in [-0.05, 0) is 48.5 Å². The third kappa shape index (κ3) is 7.67. The minimum absolute atomic E-state index is 0.0444. The summed E-state index contributed by atoms with van der Waals surface area (Å²) >= 11 is 0. The molecule has 0 saturated carbocycles. The van der Waals surface area contributed by atoms with E-state index in [0.717, 1.165) is 5.56 Å². The molecule has 0 bridgehead atoms. The van der Waals surface area contributed by atoms with Crippen LogP contribution in [0.5, 0.6) is 11.5 Å². The second-order valence-corrected chi connectivity index (χ2v) is 7.09. The molecule has 0 aliphatic carbocycles. The van der Waals surface area contributed by atoms with Gasteiger partial charge in [0.1, 0.15) is 11.5 Å². The van der Waals surface area contributed by atoms with E-state index in [-0.39, 0.29) is 42.6 Å². The van der Waals surface area contributed by atoms with Crippen LogP contribution >= 0.6 is 0 Å². The summed E-state index contributed by atoms with van der Waals surface area (Å²) in [6.45, 7) is 0. The number of ether oxygens (including phenoxy) is 1. The van der Waals surface area contributed by atoms with Crippen LogP contribution in [0.1, 0.15) is 24.6 Å². The van der Waals surface area contributed by atoms with Gasteiger partial charge in [0.05, 0.1) is 20.0 Å². The summed E-state index contributed by atoms with van der Waals surface area (Å²) in [7, 11) is 1.33. The monoisotopic (exact) mass is 482 g/mol. The molecule has 0 unspecified atom stereocenters. The van der Waals surface area contributed by atoms with Crippen LogP contribution in [0.2, 0.25) is 0 Å². The topological polar surface area (TPSA) is 182 Å². The summed E-state index contributed by atoms with van der Waals surface area (Å²) in [6, 6.07) is 12.8. The average molecular weight is 482 g/mol. The summed E-state index contributed by atoms with van der Waals surface area (Å²) in [5.74, 6) is 0.574. The average Bonchev–Trinajstić information content (AvgIpc) is 3.53. The number of methoxy groups -OCH3 is 1. The fourth-order valence-electron chi connectivity index (χ4n) is 2.69. The molecule has 35 heavy (non-hydrogen) atoms. The zero-order chi connectivity index (χ0) is 25.2. The van der Waals surface area contributed by atoms with Crippen LogP contribution in [0.25, 0.3) is 22.8 Å². The van der Waals surface area contributed by atoms with Crippen molar-refractivity contribution in [2.24, 2.45) is 0 Å². The molecule has 2 aromatic heterocycles. The maximum absolute atomic E-state index is 11.0. The van der Waals surface area contributed by atoms with Gasteiger partial charge in [0.25, 0.3) is 0 Å². The van der Waals surface area contributed by atoms with Crippen molar-refractivity contribution in [2.75, 3.05) is 7.11 Å². The van der Waals surface area contributed by atoms with Crippen LogP contribution in [0.15, 0.2) is 57.6 Å². The zero-order valence-corrected chi connectivity index (χ0v) is 18.6. The summed E-state index contributed by atoms with van der Waals surface area (Å²) in [5.41, 5.74) is 1.44. The number of nitrogens with zero attached hydrogens (tertiary/aromatic N) is 4. The van der Waals surface area contributed by atoms with Crippen molar-refractivity contribution in [3.63, 3.8) is 0 Å². The molecule has 4 rings (SSSR count). The third-order valence-corrected chi connectivity index (χ3v) is 4.51. The number of hydrogen-bond donors (Lipinski definition) is 3. The molecule has 4 aromatic rings. The van der Waals surface area contributed by atoms with Gasteiger partial charge in [-0.25, -0.2) is 0 Å². The minimum Gasteiger partial charge on any atom is -0.508 e. The van der Waals surface area contributed by atoms with Gasteiger partial charge in [-0.1, -0.05) is 10.3 Å². The Balaban J connectivity index is 0.000000196. The fourth-order valence-corrected chi connectivity index (χ4v) is 2.69. The SMILES string of the molecule is COC(=O)CCc1nc(-c2ccc(O)cc2)no1.O=C(O)CCc1nc(-c2ccc(O)cc2)no1. The van der Waals surface area contributed by atoms with Crippen LogP contribution in [0.4, 0.5) is 0 Å². The Morgan fingerprint density at radius 3 is 1.60 bits per heavy atom. The predicted octanol–water partition coefficient (Wildman–Crippen LogP) is 3.01. The molecule has 0 saturated heterocycles. The number of phenolic OH excluding ortho intramolecular Hbond substituents is 2. The van der Waals surface area contributed by atoms with Gasteiger partial charge >= 0.3 is 11.9 Å². The molecule has 0 spiro atoms. The van der Waals surface area contributed by atoms with Gasteiger partial charge in [0.2, 0.25) is 23.4 Å². The van der Waals surface area contributed by atoms with Gasteiger partial charge in [-0.3, -0.25) is 9.59 Å². The highest BCUT2D eigenvalue weighted by molar-refractivity contribution is 5.69. The summed E-state index contributed by atoms with van der Waals surface area (Å²) < 4.78 is 14.4. The fraction of sp³-hybridized carbons (Fsp3) is 0.217. The normalized spacial score (nSPS) is 10.3. The van der Waals surface area contributed by atoms with Crippen LogP contribution < -0.4 is 0 Å². The largest absolute Gasteiger partial charge is 0.508 e. The molecular formula is C23H22N4O8. The Hall–Kier alpha value is -4.74. The van der Waals surface area contributed by atoms with Crippen molar-refractivity contribution in [3.05, 3.63) is 60.3 Å². The smallest absolute Gasteiger partial charge is 0.306 e. The number of carboxylic acids is 1. The summed E-state index contributed by atoms with van der Waals surface area (Å²) in [6.07, 6.45) is 0.711. The molecule has 0 atom stereocenters. The van der Waals surface area contributed by atoms with E-state index in [2.05, 4.69) is 25.0 Å². The number of carboxylic acid groups (broad SMARTS) is 1. The van der Waals surface area contributed by atoms with Crippen molar-refractivity contribution >= 4 is 11.9 Å². The summed E-state index contributed by atoms with van der Waals surface area (Å²) in [4.78, 5) is 29.5. The second kappa shape index (κ2) is 11.9. The molecule has 3 N–H and O–H groups in total. The number of carbonyl (C=O) groups excluding carboxylic acids is 1. The maximum atomic E-state index is 11.0. The van der Waals surface area contributed by atoms with E-state index in [0.29, 0.717) is 29.5 Å². The van der Waals surface area contributed by atoms with Gasteiger partial charge < -0.3 is 29.1 Å². The van der Waals surface area contributed by atoms with E-state index in [1.54, 1.807) is 36.4 Å². The van der Waals surface area contributed by atoms with Crippen LogP contribution in [0.3, 0.4) is 0 Å². The van der Waals surface area contributed by atoms with E-state index in [4.69, 9.17) is 24.4 Å². The zero-order valence-electron chi connectivity index (χ0n) is 18.6. The highest BCUT2D eigenvalue weighted by Crippen LogP contribution is 2.20. The second-order valence-electron chi connectivity index (χ2n) is 7.09. The van der Waals surface area contributed by atoms with Crippen LogP contribution in [-0.4, -0.2) is 54.6 Å². The van der Waals surface area contributed by atoms with Crippen molar-refractivity contribution in [2.45, 2.75) is 25.7 Å². The van der Waals surface area contributed by atoms with Crippen molar-refractivity contribution in [1.29, 1.82) is 0 Å². The first kappa shape index (κ1) is 24.9. The molecule has 2 aromatic carbocycles. The van der Waals surface area contributed by atoms with Crippen LogP contribution in [-0.2, 0) is 27.2 Å². The van der Waals surface area contributed by atoms with E-state index >= 15 is 0 Å². The number of aromatic hydroxyl groups is 2. The Bertz CT molecular complexity index is 1250. The number of rotatable bonds is 8. The number of esters is 1. The number of hydrogen-bond acceptors (Lipinski definition) is 11. The molecule has 2 heterocycles. The van der Waals surface area contributed by atoms with E-state index in [1.165, 1.54) is 19.2 Å². The van der Waals surface area contributed by atoms with Gasteiger partial charge in [0.15, 0.2) is 0 Å². The molecule has 0 aliphatic heterocycles. The van der Waals surface area contributed by atoms with Crippen molar-refractivity contribution in [3.8, 4) is 34.3 Å². The van der Waals surface area contributed by atoms with Crippen molar-refractivity contribution < 1.29 is 38.7 Å². The highest BCUT2D eigenvalue weighted by atomic mass is 16.5. The van der Waals surface area contributed by atoms with Gasteiger partial charge in [0, 0.05) is 24.0 Å². The number of carbonyl (C=O) groups is 2. The van der Waals surface area contributed by atoms with Crippen molar-refractivity contribution in [1.82, 2.24) is 20.3 Å². The first-order chi connectivity index (χ1) is 16.8. The lowest BCUT2D eigenvalue weighted by atomic mass is 10.2. The number of aliphatic carboxylic acids is 1. The molecule has 0 fully saturated rings. The molecule has 12 heteroatoms. The number of phenols is 2. The predicted molar refractivity (Wildman–Crippen MR) is 119 cm³/mol. The minimum atomic E-state index is -0.908. The molecule has 12 nitrogen and oxygen atoms in total. The Labute approximate surface area is 198 Å². The standard InChI is InChI=1S/C12H12N2O4.C11H10N2O4/c1-17-11(16)7-6-10-13-12(14-18-10)8-2-4-9(15)5-3-8;14-8-3-1-7(2-4-8)11-12-9(17-13-11)5-6-10(15)16/h2-5,15H,6-7H2,1H3;1-4,14H,5-6H2,(H,15,16). The lowest BCUT2D eigenvalue weighted by Gasteiger charge is -1.94. The quantitative estimate of drug-likeness (QED) is 0.313. The number of benzene rings is 2. The van der Waals surface area contributed by atoms with E-state index in [9.17, 15) is 9.59 Å². The molecule has 0 amide bonds. The Morgan fingerprint density at radius 1 is 0.771 bits per heavy atom. The maximum Gasteiger partial charge on any atom is 0.306 e. The highest BCUT2D eigenvalue weighted by Gasteiger charge is 2.11. The van der Waals surface area contributed by atoms with E-state index in [1.807, 2.05) is 0 Å². The summed E-state index contributed by atoms with van der Waals surface area (Å²) in [5, 5.41) is 34.3. The first-order valence-corrected chi connectivity index (χ1v) is 10.4. The molecule has 0 aliphatic rings. The first-order valence-electron chi connectivity index (χ1n) is 10.4. The number of aryl methyl sites for hydroxylation is 2. The molecule has 0 radical (unpaired) electrons. The van der Waals surface area contributed by atoms with Crippen LogP contribution in [0, 0.1) is 0 Å². The Kier molecular flexibility index (Phi) is 8.48.